The third-order valence-corrected chi connectivity index (χ3v) is 6.94. The van der Waals surface area contributed by atoms with Gasteiger partial charge < -0.3 is 19.6 Å². The number of hydrogen-bond donors (Lipinski definition) is 2. The normalized spacial score (nSPS) is 17.1. The number of pyridine rings is 1. The van der Waals surface area contributed by atoms with Crippen LogP contribution in [0.4, 0.5) is 17.6 Å². The molecule has 15 heteroatoms. The van der Waals surface area contributed by atoms with E-state index in [4.69, 9.17) is 21.2 Å². The molecule has 5 rings (SSSR count). The first-order valence-corrected chi connectivity index (χ1v) is 12.9. The smallest absolute Gasteiger partial charge is 0.434 e. The zero-order valence-electron chi connectivity index (χ0n) is 21.2. The molecule has 0 radical (unpaired) electrons. The summed E-state index contributed by atoms with van der Waals surface area (Å²) in [5, 5.41) is 27.1. The predicted octanol–water partition coefficient (Wildman–Crippen LogP) is 5.02. The van der Waals surface area contributed by atoms with Crippen molar-refractivity contribution in [3.63, 3.8) is 0 Å². The molecule has 0 spiro atoms. The molecule has 0 bridgehead atoms. The number of alkyl halides is 3. The van der Waals surface area contributed by atoms with Gasteiger partial charge in [0, 0.05) is 31.3 Å². The Labute approximate surface area is 235 Å². The van der Waals surface area contributed by atoms with Crippen LogP contribution in [0.2, 0.25) is 5.02 Å². The number of halogens is 5. The highest BCUT2D eigenvalue weighted by Crippen LogP contribution is 2.38. The number of likely N-dealkylation sites (tertiary alicyclic amines) is 1. The third-order valence-electron chi connectivity index (χ3n) is 6.73. The van der Waals surface area contributed by atoms with E-state index in [1.807, 2.05) is 4.90 Å². The molecule has 1 aliphatic heterocycles. The fourth-order valence-corrected chi connectivity index (χ4v) is 5.03. The standard InChI is InChI=1S/C26H23ClF4N6O4/c27-17-9-19(28)24(32-10-17)37-22(26(29,30)31)18(11-33-37)25-34-23(35-41-25)16-5-3-15(4-6-16)20(38)13-36-7-1-2-14(12-36)8-21(39)40/h3-6,9-11,14,20,38H,1-2,7-8,12-13H2,(H,39,40)/t14-,20+/m1/s1. The Morgan fingerprint density at radius 3 is 2.66 bits per heavy atom. The minimum atomic E-state index is -4.98. The van der Waals surface area contributed by atoms with E-state index in [1.165, 1.54) is 0 Å². The van der Waals surface area contributed by atoms with Crippen molar-refractivity contribution >= 4 is 17.6 Å². The highest BCUT2D eigenvalue weighted by molar-refractivity contribution is 6.30. The quantitative estimate of drug-likeness (QED) is 0.270. The van der Waals surface area contributed by atoms with Crippen LogP contribution in [-0.4, -0.2) is 65.6 Å². The molecule has 2 atom stereocenters. The molecule has 3 aromatic heterocycles. The Morgan fingerprint density at radius 2 is 1.98 bits per heavy atom. The van der Waals surface area contributed by atoms with Gasteiger partial charge in [-0.15, -0.1) is 0 Å². The maximum Gasteiger partial charge on any atom is 0.434 e. The minimum absolute atomic E-state index is 0.00902. The number of aromatic nitrogens is 5. The Balaban J connectivity index is 1.34. The van der Waals surface area contributed by atoms with Crippen LogP contribution in [0.15, 0.2) is 47.2 Å². The van der Waals surface area contributed by atoms with E-state index >= 15 is 0 Å². The van der Waals surface area contributed by atoms with Gasteiger partial charge in [-0.1, -0.05) is 41.0 Å². The van der Waals surface area contributed by atoms with E-state index in [2.05, 4.69) is 20.2 Å². The summed E-state index contributed by atoms with van der Waals surface area (Å²) < 4.78 is 61.9. The summed E-state index contributed by atoms with van der Waals surface area (Å²) in [6.45, 7) is 1.67. The van der Waals surface area contributed by atoms with Crippen LogP contribution in [0.5, 0.6) is 0 Å². The first-order chi connectivity index (χ1) is 19.5. The van der Waals surface area contributed by atoms with Gasteiger partial charge in [-0.2, -0.15) is 23.3 Å². The molecule has 2 N–H and O–H groups in total. The van der Waals surface area contributed by atoms with Crippen molar-refractivity contribution in [1.82, 2.24) is 29.8 Å². The van der Waals surface area contributed by atoms with Crippen LogP contribution >= 0.6 is 11.6 Å². The van der Waals surface area contributed by atoms with Gasteiger partial charge in [-0.05, 0) is 36.9 Å². The average Bonchev–Trinajstić information content (AvgIpc) is 3.56. The SMILES string of the molecule is O=C(O)C[C@H]1CCCN(C[C@H](O)c2ccc(-c3noc(-c4cnn(-c5ncc(Cl)cc5F)c4C(F)(F)F)n3)cc2)C1. The summed E-state index contributed by atoms with van der Waals surface area (Å²) in [6, 6.07) is 7.29. The second kappa shape index (κ2) is 11.5. The number of benzene rings is 1. The molecule has 1 fully saturated rings. The van der Waals surface area contributed by atoms with Crippen molar-refractivity contribution in [2.24, 2.45) is 5.92 Å². The highest BCUT2D eigenvalue weighted by Gasteiger charge is 2.41. The summed E-state index contributed by atoms with van der Waals surface area (Å²) in [4.78, 5) is 20.8. The monoisotopic (exact) mass is 594 g/mol. The van der Waals surface area contributed by atoms with Crippen LogP contribution < -0.4 is 0 Å². The number of carboxylic acid groups (broad SMARTS) is 1. The number of nitrogens with zero attached hydrogens (tertiary/aromatic N) is 6. The molecule has 4 aromatic rings. The van der Waals surface area contributed by atoms with Crippen LogP contribution in [0.25, 0.3) is 28.7 Å². The van der Waals surface area contributed by atoms with Gasteiger partial charge in [-0.25, -0.2) is 14.1 Å². The van der Waals surface area contributed by atoms with Gasteiger partial charge in [-0.3, -0.25) is 4.79 Å². The van der Waals surface area contributed by atoms with Crippen LogP contribution in [-0.2, 0) is 11.0 Å². The third kappa shape index (κ3) is 6.39. The van der Waals surface area contributed by atoms with Crippen LogP contribution in [0.3, 0.4) is 0 Å². The molecule has 0 saturated carbocycles. The molecular formula is C26H23ClF4N6O4. The zero-order chi connectivity index (χ0) is 29.3. The number of aliphatic hydroxyl groups is 1. The van der Waals surface area contributed by atoms with E-state index in [1.54, 1.807) is 24.3 Å². The van der Waals surface area contributed by atoms with Crippen LogP contribution in [0.1, 0.15) is 36.6 Å². The number of carboxylic acids is 1. The molecule has 0 unspecified atom stereocenters. The lowest BCUT2D eigenvalue weighted by Gasteiger charge is -2.33. The Morgan fingerprint density at radius 1 is 1.22 bits per heavy atom. The minimum Gasteiger partial charge on any atom is -0.481 e. The van der Waals surface area contributed by atoms with E-state index in [9.17, 15) is 27.5 Å². The lowest BCUT2D eigenvalue weighted by molar-refractivity contribution is -0.142. The summed E-state index contributed by atoms with van der Waals surface area (Å²) >= 11 is 5.67. The number of β-amino-alcohol motifs (C(OH)–C–C–N with tert-alkyl or cyclic N) is 1. The van der Waals surface area contributed by atoms with Crippen LogP contribution in [0, 0.1) is 11.7 Å². The van der Waals surface area contributed by atoms with Crippen molar-refractivity contribution in [2.75, 3.05) is 19.6 Å². The lowest BCUT2D eigenvalue weighted by Crippen LogP contribution is -2.38. The molecule has 1 saturated heterocycles. The number of aliphatic hydroxyl groups excluding tert-OH is 1. The molecule has 0 aliphatic carbocycles. The fourth-order valence-electron chi connectivity index (χ4n) is 4.89. The maximum absolute atomic E-state index is 14.4. The number of hydrogen-bond acceptors (Lipinski definition) is 8. The summed E-state index contributed by atoms with van der Waals surface area (Å²) in [5.74, 6) is -3.11. The van der Waals surface area contributed by atoms with Gasteiger partial charge in [0.05, 0.1) is 22.9 Å². The fraction of sp³-hybridized carbons (Fsp3) is 0.346. The summed E-state index contributed by atoms with van der Waals surface area (Å²) in [7, 11) is 0. The Hall–Kier alpha value is -3.88. The van der Waals surface area contributed by atoms with Crippen molar-refractivity contribution < 1.29 is 37.1 Å². The molecule has 10 nitrogen and oxygen atoms in total. The van der Waals surface area contributed by atoms with E-state index in [0.29, 0.717) is 28.9 Å². The second-order valence-corrected chi connectivity index (χ2v) is 10.1. The van der Waals surface area contributed by atoms with E-state index in [0.717, 1.165) is 37.8 Å². The van der Waals surface area contributed by atoms with E-state index < -0.39 is 47.0 Å². The predicted molar refractivity (Wildman–Crippen MR) is 136 cm³/mol. The molecular weight excluding hydrogens is 572 g/mol. The van der Waals surface area contributed by atoms with Crippen molar-refractivity contribution in [2.45, 2.75) is 31.5 Å². The Kier molecular flexibility index (Phi) is 8.07. The van der Waals surface area contributed by atoms with Gasteiger partial charge in [0.15, 0.2) is 17.3 Å². The van der Waals surface area contributed by atoms with E-state index in [-0.39, 0.29) is 23.2 Å². The Bertz CT molecular complexity index is 1540. The maximum atomic E-state index is 14.4. The van der Waals surface area contributed by atoms with Crippen molar-refractivity contribution in [1.29, 1.82) is 0 Å². The molecule has 41 heavy (non-hydrogen) atoms. The number of rotatable bonds is 8. The lowest BCUT2D eigenvalue weighted by atomic mass is 9.94. The summed E-state index contributed by atoms with van der Waals surface area (Å²) in [5.41, 5.74) is -0.914. The van der Waals surface area contributed by atoms with Gasteiger partial charge in [0.2, 0.25) is 5.82 Å². The van der Waals surface area contributed by atoms with Crippen molar-refractivity contribution in [3.05, 3.63) is 64.8 Å². The first kappa shape index (κ1) is 28.6. The summed E-state index contributed by atoms with van der Waals surface area (Å²) in [6.07, 6.45) is -2.21. The second-order valence-electron chi connectivity index (χ2n) is 9.70. The van der Waals surface area contributed by atoms with Gasteiger partial charge in [0.25, 0.3) is 5.89 Å². The molecule has 0 amide bonds. The molecule has 1 aromatic carbocycles. The van der Waals surface area contributed by atoms with Crippen molar-refractivity contribution in [3.8, 4) is 28.7 Å². The molecule has 216 valence electrons. The van der Waals surface area contributed by atoms with Gasteiger partial charge >= 0.3 is 12.1 Å². The number of carbonyl (C=O) groups is 1. The largest absolute Gasteiger partial charge is 0.481 e. The van der Waals surface area contributed by atoms with Gasteiger partial charge in [0.1, 0.15) is 0 Å². The topological polar surface area (TPSA) is 130 Å². The average molecular weight is 595 g/mol. The number of piperidine rings is 1. The molecule has 4 heterocycles. The zero-order valence-corrected chi connectivity index (χ0v) is 22.0. The molecule has 1 aliphatic rings. The number of aliphatic carboxylic acids is 1. The highest BCUT2D eigenvalue weighted by atomic mass is 35.5. The first-order valence-electron chi connectivity index (χ1n) is 12.5.